The van der Waals surface area contributed by atoms with Crippen molar-refractivity contribution in [2.45, 2.75) is 72.5 Å². The maximum Gasteiger partial charge on any atom is 0.242 e. The van der Waals surface area contributed by atoms with Crippen molar-refractivity contribution >= 4 is 23.2 Å². The van der Waals surface area contributed by atoms with Crippen molar-refractivity contribution < 1.29 is 9.59 Å². The Morgan fingerprint density at radius 2 is 1.69 bits per heavy atom. The van der Waals surface area contributed by atoms with Crippen LogP contribution in [0.1, 0.15) is 61.8 Å². The molecule has 2 aromatic rings. The molecular weight excluding hydrogens is 380 g/mol. The quantitative estimate of drug-likeness (QED) is 0.462. The Morgan fingerprint density at radius 3 is 2.28 bits per heavy atom. The molecule has 2 amide bonds. The molecule has 5 heteroatoms. The fourth-order valence-electron chi connectivity index (χ4n) is 3.27. The van der Waals surface area contributed by atoms with Gasteiger partial charge in [-0.25, -0.2) is 0 Å². The predicted molar refractivity (Wildman–Crippen MR) is 121 cm³/mol. The Labute approximate surface area is 179 Å². The van der Waals surface area contributed by atoms with Crippen molar-refractivity contribution in [3.63, 3.8) is 0 Å². The molecule has 0 unspecified atom stereocenters. The Kier molecular flexibility index (Phi) is 9.39. The average Bonchev–Trinajstić information content (AvgIpc) is 3.10. The number of nitrogens with zero attached hydrogens (tertiary/aromatic N) is 2. The van der Waals surface area contributed by atoms with E-state index in [4.69, 9.17) is 0 Å². The number of hydrogen-bond acceptors (Lipinski definition) is 3. The lowest BCUT2D eigenvalue weighted by molar-refractivity contribution is -0.142. The summed E-state index contributed by atoms with van der Waals surface area (Å²) in [7, 11) is 0. The number of hydrogen-bond donors (Lipinski definition) is 0. The third-order valence-electron chi connectivity index (χ3n) is 4.96. The number of thiophene rings is 1. The van der Waals surface area contributed by atoms with Gasteiger partial charge in [-0.3, -0.25) is 9.59 Å². The van der Waals surface area contributed by atoms with E-state index in [9.17, 15) is 9.59 Å². The normalized spacial score (nSPS) is 10.9. The molecule has 1 aromatic carbocycles. The summed E-state index contributed by atoms with van der Waals surface area (Å²) in [5, 5.41) is 0. The van der Waals surface area contributed by atoms with Gasteiger partial charge in [-0.05, 0) is 44.9 Å². The number of rotatable bonds is 11. The summed E-state index contributed by atoms with van der Waals surface area (Å²) in [6, 6.07) is 14.2. The highest BCUT2D eigenvalue weighted by Crippen LogP contribution is 2.19. The smallest absolute Gasteiger partial charge is 0.242 e. The maximum atomic E-state index is 13.2. The van der Waals surface area contributed by atoms with E-state index in [0.29, 0.717) is 19.5 Å². The van der Waals surface area contributed by atoms with E-state index in [1.165, 1.54) is 4.88 Å². The molecule has 0 N–H and O–H groups in total. The van der Waals surface area contributed by atoms with Crippen molar-refractivity contribution in [2.24, 2.45) is 0 Å². The molecule has 0 fully saturated rings. The Balaban J connectivity index is 2.12. The number of carbonyl (C=O) groups is 2. The molecule has 4 nitrogen and oxygen atoms in total. The van der Waals surface area contributed by atoms with Crippen LogP contribution >= 0.6 is 11.3 Å². The molecule has 1 heterocycles. The number of aryl methyl sites for hydroxylation is 1. The molecule has 0 aliphatic rings. The van der Waals surface area contributed by atoms with Gasteiger partial charge in [-0.15, -0.1) is 11.3 Å². The molecule has 0 atom stereocenters. The Hall–Kier alpha value is -2.14. The van der Waals surface area contributed by atoms with Gasteiger partial charge in [0.05, 0.1) is 13.1 Å². The van der Waals surface area contributed by atoms with Gasteiger partial charge < -0.3 is 9.80 Å². The van der Waals surface area contributed by atoms with Crippen LogP contribution < -0.4 is 0 Å². The molecule has 0 bridgehead atoms. The maximum absolute atomic E-state index is 13.2. The second kappa shape index (κ2) is 11.8. The second-order valence-corrected chi connectivity index (χ2v) is 9.19. The molecule has 2 rings (SSSR count). The predicted octanol–water partition coefficient (Wildman–Crippen LogP) is 5.40. The van der Waals surface area contributed by atoms with Crippen molar-refractivity contribution in [1.82, 2.24) is 9.80 Å². The van der Waals surface area contributed by atoms with Crippen molar-refractivity contribution in [1.29, 1.82) is 0 Å². The van der Waals surface area contributed by atoms with Gasteiger partial charge in [0, 0.05) is 28.8 Å². The second-order valence-electron chi connectivity index (χ2n) is 7.82. The number of benzene rings is 1. The summed E-state index contributed by atoms with van der Waals surface area (Å²) < 4.78 is 0. The highest BCUT2D eigenvalue weighted by atomic mass is 32.1. The minimum atomic E-state index is -0.00236. The zero-order valence-electron chi connectivity index (χ0n) is 18.2. The van der Waals surface area contributed by atoms with Crippen LogP contribution in [0, 0.1) is 6.92 Å². The third kappa shape index (κ3) is 7.65. The van der Waals surface area contributed by atoms with E-state index in [-0.39, 0.29) is 24.4 Å². The summed E-state index contributed by atoms with van der Waals surface area (Å²) >= 11 is 1.71. The fraction of sp³-hybridized carbons (Fsp3) is 0.500. The summed E-state index contributed by atoms with van der Waals surface area (Å²) in [6.45, 7) is 9.42. The van der Waals surface area contributed by atoms with E-state index in [1.54, 1.807) is 16.2 Å². The Morgan fingerprint density at radius 1 is 0.966 bits per heavy atom. The first-order valence-corrected chi connectivity index (χ1v) is 11.4. The van der Waals surface area contributed by atoms with Gasteiger partial charge in [0.15, 0.2) is 0 Å². The van der Waals surface area contributed by atoms with Crippen molar-refractivity contribution in [2.75, 3.05) is 6.54 Å². The zero-order valence-corrected chi connectivity index (χ0v) is 19.0. The molecule has 29 heavy (non-hydrogen) atoms. The van der Waals surface area contributed by atoms with Crippen LogP contribution in [-0.4, -0.2) is 34.2 Å². The van der Waals surface area contributed by atoms with Gasteiger partial charge in [-0.1, -0.05) is 50.1 Å². The summed E-state index contributed by atoms with van der Waals surface area (Å²) in [4.78, 5) is 31.9. The van der Waals surface area contributed by atoms with Crippen LogP contribution in [0.4, 0.5) is 0 Å². The Bertz CT molecular complexity index is 770. The lowest BCUT2D eigenvalue weighted by Crippen LogP contribution is -2.45. The molecule has 0 spiro atoms. The molecule has 0 aliphatic carbocycles. The van der Waals surface area contributed by atoms with Crippen molar-refractivity contribution in [3.8, 4) is 0 Å². The fourth-order valence-corrected chi connectivity index (χ4v) is 4.17. The number of amides is 2. The number of carbonyl (C=O) groups excluding carboxylic acids is 2. The molecule has 1 aromatic heterocycles. The monoisotopic (exact) mass is 414 g/mol. The van der Waals surface area contributed by atoms with Crippen LogP contribution in [-0.2, 0) is 22.7 Å². The van der Waals surface area contributed by atoms with Gasteiger partial charge in [0.25, 0.3) is 0 Å². The standard InChI is InChI=1S/C24H34N2O2S/c1-5-6-8-13-23(27)26(19(2)3)18-24(28)25(16-21-11-9-7-10-12-21)17-22-15-14-20(4)29-22/h7,9-12,14-15,19H,5-6,8,13,16-18H2,1-4H3. The van der Waals surface area contributed by atoms with E-state index in [0.717, 1.165) is 29.7 Å². The molecule has 0 saturated carbocycles. The van der Waals surface area contributed by atoms with Crippen LogP contribution in [0.25, 0.3) is 0 Å². The largest absolute Gasteiger partial charge is 0.332 e. The van der Waals surface area contributed by atoms with Crippen LogP contribution in [0.3, 0.4) is 0 Å². The highest BCUT2D eigenvalue weighted by Gasteiger charge is 2.23. The SMILES string of the molecule is CCCCCC(=O)N(CC(=O)N(Cc1ccccc1)Cc1ccc(C)s1)C(C)C. The van der Waals surface area contributed by atoms with Gasteiger partial charge in [0.1, 0.15) is 0 Å². The molecular formula is C24H34N2O2S. The minimum absolute atomic E-state index is 0.00236. The third-order valence-corrected chi connectivity index (χ3v) is 5.94. The molecule has 0 radical (unpaired) electrons. The summed E-state index contributed by atoms with van der Waals surface area (Å²) in [5.74, 6) is 0.0749. The first-order valence-electron chi connectivity index (χ1n) is 10.6. The van der Waals surface area contributed by atoms with E-state index < -0.39 is 0 Å². The van der Waals surface area contributed by atoms with E-state index in [2.05, 4.69) is 26.0 Å². The number of unbranched alkanes of at least 4 members (excludes halogenated alkanes) is 2. The first-order chi connectivity index (χ1) is 13.9. The van der Waals surface area contributed by atoms with Gasteiger partial charge in [-0.2, -0.15) is 0 Å². The minimum Gasteiger partial charge on any atom is -0.332 e. The molecule has 0 saturated heterocycles. The first kappa shape index (κ1) is 23.1. The topological polar surface area (TPSA) is 40.6 Å². The van der Waals surface area contributed by atoms with Crippen molar-refractivity contribution in [3.05, 3.63) is 57.8 Å². The average molecular weight is 415 g/mol. The molecule has 0 aliphatic heterocycles. The van der Waals surface area contributed by atoms with Crippen LogP contribution in [0.2, 0.25) is 0 Å². The van der Waals surface area contributed by atoms with Gasteiger partial charge >= 0.3 is 0 Å². The zero-order chi connectivity index (χ0) is 21.2. The van der Waals surface area contributed by atoms with E-state index in [1.807, 2.05) is 49.1 Å². The summed E-state index contributed by atoms with van der Waals surface area (Å²) in [5.41, 5.74) is 1.10. The lowest BCUT2D eigenvalue weighted by Gasteiger charge is -2.30. The van der Waals surface area contributed by atoms with Crippen LogP contribution in [0.5, 0.6) is 0 Å². The summed E-state index contributed by atoms with van der Waals surface area (Å²) in [6.07, 6.45) is 3.53. The van der Waals surface area contributed by atoms with E-state index >= 15 is 0 Å². The molecule has 158 valence electrons. The lowest BCUT2D eigenvalue weighted by atomic mass is 10.1. The van der Waals surface area contributed by atoms with Crippen LogP contribution in [0.15, 0.2) is 42.5 Å². The highest BCUT2D eigenvalue weighted by molar-refractivity contribution is 7.11. The van der Waals surface area contributed by atoms with Gasteiger partial charge in [0.2, 0.25) is 11.8 Å².